The van der Waals surface area contributed by atoms with Crippen molar-refractivity contribution >= 4 is 11.3 Å². The van der Waals surface area contributed by atoms with Crippen molar-refractivity contribution in [3.8, 4) is 0 Å². The summed E-state index contributed by atoms with van der Waals surface area (Å²) in [5, 5.41) is 26.2. The van der Waals surface area contributed by atoms with Crippen LogP contribution in [0.25, 0.3) is 0 Å². The van der Waals surface area contributed by atoms with Crippen molar-refractivity contribution in [3.05, 3.63) is 28.2 Å². The summed E-state index contributed by atoms with van der Waals surface area (Å²) in [5.41, 5.74) is 0. The molecule has 2 rings (SSSR count). The molecule has 0 aromatic carbocycles. The fourth-order valence-electron chi connectivity index (χ4n) is 1.27. The summed E-state index contributed by atoms with van der Waals surface area (Å²) in [4.78, 5) is 2.57. The molecule has 0 saturated carbocycles. The van der Waals surface area contributed by atoms with E-state index in [1.807, 2.05) is 17.5 Å². The van der Waals surface area contributed by atoms with Crippen LogP contribution in [0.3, 0.4) is 0 Å². The highest BCUT2D eigenvalue weighted by Crippen LogP contribution is 2.08. The van der Waals surface area contributed by atoms with Crippen LogP contribution in [-0.2, 0) is 13.6 Å². The van der Waals surface area contributed by atoms with Gasteiger partial charge < -0.3 is 22.8 Å². The second-order valence-corrected chi connectivity index (χ2v) is 4.40. The fraction of sp³-hybridized carbons (Fsp3) is 0.444. The molecule has 0 aliphatic rings. The van der Waals surface area contributed by atoms with Gasteiger partial charge in [0.2, 0.25) is 5.82 Å². The molecule has 0 aliphatic carbocycles. The number of nitrogens with one attached hydrogen (secondary N) is 1. The lowest BCUT2D eigenvalue weighted by molar-refractivity contribution is -0.00000511. The van der Waals surface area contributed by atoms with Gasteiger partial charge >= 0.3 is 0 Å². The third kappa shape index (κ3) is 4.04. The quantitative estimate of drug-likeness (QED) is 0.612. The highest BCUT2D eigenvalue weighted by molar-refractivity contribution is 7.09. The maximum Gasteiger partial charge on any atom is 0.204 e. The molecular weight excluding hydrogens is 262 g/mol. The Morgan fingerprint density at radius 1 is 1.59 bits per heavy atom. The van der Waals surface area contributed by atoms with Gasteiger partial charge in [-0.15, -0.1) is 21.5 Å². The van der Waals surface area contributed by atoms with Gasteiger partial charge in [0.25, 0.3) is 0 Å². The van der Waals surface area contributed by atoms with Gasteiger partial charge in [-0.3, -0.25) is 0 Å². The SMILES string of the molecule is Cn1nnc(C(O)CNCc2cccs2)n1.[Cl-]. The summed E-state index contributed by atoms with van der Waals surface area (Å²) in [6, 6.07) is 4.05. The third-order valence-electron chi connectivity index (χ3n) is 2.04. The largest absolute Gasteiger partial charge is 1.00 e. The Morgan fingerprint density at radius 2 is 2.41 bits per heavy atom. The minimum absolute atomic E-state index is 0. The van der Waals surface area contributed by atoms with Crippen molar-refractivity contribution in [1.29, 1.82) is 0 Å². The second kappa shape index (κ2) is 6.65. The summed E-state index contributed by atoms with van der Waals surface area (Å²) in [6.07, 6.45) is -0.714. The molecule has 0 bridgehead atoms. The summed E-state index contributed by atoms with van der Waals surface area (Å²) in [5.74, 6) is 0.348. The molecule has 17 heavy (non-hydrogen) atoms. The Kier molecular flexibility index (Phi) is 5.49. The number of rotatable bonds is 5. The molecule has 6 nitrogen and oxygen atoms in total. The standard InChI is InChI=1S/C9H13N5OS.ClH/c1-14-12-9(11-13-14)8(15)6-10-5-7-3-2-4-16-7;/h2-4,8,10,15H,5-6H2,1H3;1H/p-1. The van der Waals surface area contributed by atoms with Crippen LogP contribution < -0.4 is 17.7 Å². The lowest BCUT2D eigenvalue weighted by Gasteiger charge is -2.06. The molecule has 0 saturated heterocycles. The highest BCUT2D eigenvalue weighted by Gasteiger charge is 2.12. The number of hydrogen-bond donors (Lipinski definition) is 2. The van der Waals surface area contributed by atoms with E-state index in [1.54, 1.807) is 18.4 Å². The predicted octanol–water partition coefficient (Wildman–Crippen LogP) is -2.90. The van der Waals surface area contributed by atoms with E-state index in [2.05, 4.69) is 20.7 Å². The van der Waals surface area contributed by atoms with Gasteiger partial charge in [0.1, 0.15) is 6.10 Å². The molecular formula is C9H13ClN5OS-. The van der Waals surface area contributed by atoms with Gasteiger partial charge in [0.15, 0.2) is 0 Å². The number of halogens is 1. The lowest BCUT2D eigenvalue weighted by atomic mass is 10.3. The van der Waals surface area contributed by atoms with E-state index in [0.29, 0.717) is 12.4 Å². The van der Waals surface area contributed by atoms with Crippen LogP contribution in [0.15, 0.2) is 17.5 Å². The molecule has 2 heterocycles. The average Bonchev–Trinajstić information content (AvgIpc) is 2.89. The van der Waals surface area contributed by atoms with Crippen molar-refractivity contribution < 1.29 is 17.5 Å². The first-order valence-corrected chi connectivity index (χ1v) is 5.79. The Balaban J connectivity index is 0.00000144. The van der Waals surface area contributed by atoms with E-state index < -0.39 is 6.10 Å². The number of thiophene rings is 1. The minimum Gasteiger partial charge on any atom is -1.00 e. The van der Waals surface area contributed by atoms with Crippen molar-refractivity contribution in [2.45, 2.75) is 12.6 Å². The second-order valence-electron chi connectivity index (χ2n) is 3.36. The highest BCUT2D eigenvalue weighted by atomic mass is 35.5. The normalized spacial score (nSPS) is 12.1. The number of aryl methyl sites for hydroxylation is 1. The van der Waals surface area contributed by atoms with Crippen LogP contribution in [0.4, 0.5) is 0 Å². The number of tetrazole rings is 1. The molecule has 1 unspecified atom stereocenters. The first kappa shape index (κ1) is 14.0. The van der Waals surface area contributed by atoms with Crippen molar-refractivity contribution in [3.63, 3.8) is 0 Å². The molecule has 0 aliphatic heterocycles. The van der Waals surface area contributed by atoms with Gasteiger partial charge in [-0.05, 0) is 16.7 Å². The molecule has 2 N–H and O–H groups in total. The van der Waals surface area contributed by atoms with E-state index in [-0.39, 0.29) is 12.4 Å². The molecule has 2 aromatic heterocycles. The van der Waals surface area contributed by atoms with E-state index in [1.165, 1.54) is 9.67 Å². The van der Waals surface area contributed by atoms with Crippen LogP contribution in [-0.4, -0.2) is 31.9 Å². The van der Waals surface area contributed by atoms with Crippen molar-refractivity contribution in [2.24, 2.45) is 7.05 Å². The van der Waals surface area contributed by atoms with E-state index in [4.69, 9.17) is 0 Å². The maximum atomic E-state index is 9.73. The predicted molar refractivity (Wildman–Crippen MR) is 59.8 cm³/mol. The van der Waals surface area contributed by atoms with E-state index in [0.717, 1.165) is 6.54 Å². The smallest absolute Gasteiger partial charge is 0.204 e. The topological polar surface area (TPSA) is 75.9 Å². The summed E-state index contributed by atoms with van der Waals surface area (Å²) in [6.45, 7) is 1.17. The number of aliphatic hydroxyl groups is 1. The Labute approximate surface area is 109 Å². The molecule has 2 aromatic rings. The maximum absolute atomic E-state index is 9.73. The number of aromatic nitrogens is 4. The summed E-state index contributed by atoms with van der Waals surface area (Å²) < 4.78 is 0. The summed E-state index contributed by atoms with van der Waals surface area (Å²) >= 11 is 1.68. The average molecular weight is 275 g/mol. The zero-order chi connectivity index (χ0) is 11.4. The first-order valence-electron chi connectivity index (χ1n) is 4.91. The lowest BCUT2D eigenvalue weighted by Crippen LogP contribution is -3.00. The van der Waals surface area contributed by atoms with Gasteiger partial charge in [-0.25, -0.2) is 0 Å². The molecule has 94 valence electrons. The van der Waals surface area contributed by atoms with Crippen molar-refractivity contribution in [1.82, 2.24) is 25.5 Å². The molecule has 0 fully saturated rings. The molecule has 0 radical (unpaired) electrons. The van der Waals surface area contributed by atoms with E-state index in [9.17, 15) is 5.11 Å². The molecule has 8 heteroatoms. The molecule has 0 spiro atoms. The zero-order valence-corrected chi connectivity index (χ0v) is 10.8. The Bertz CT molecular complexity index is 432. The zero-order valence-electron chi connectivity index (χ0n) is 9.25. The molecule has 1 atom stereocenters. The number of aliphatic hydroxyl groups excluding tert-OH is 1. The minimum atomic E-state index is -0.714. The van der Waals surface area contributed by atoms with Gasteiger partial charge in [0.05, 0.1) is 7.05 Å². The van der Waals surface area contributed by atoms with Gasteiger partial charge in [-0.2, -0.15) is 4.80 Å². The first-order chi connectivity index (χ1) is 7.75. The number of hydrogen-bond acceptors (Lipinski definition) is 6. The van der Waals surface area contributed by atoms with Crippen LogP contribution in [0, 0.1) is 0 Å². The van der Waals surface area contributed by atoms with Crippen LogP contribution in [0.5, 0.6) is 0 Å². The van der Waals surface area contributed by atoms with Crippen LogP contribution in [0.2, 0.25) is 0 Å². The Morgan fingerprint density at radius 3 is 3.00 bits per heavy atom. The Hall–Kier alpha value is -1.02. The van der Waals surface area contributed by atoms with Gasteiger partial charge in [-0.1, -0.05) is 6.07 Å². The van der Waals surface area contributed by atoms with Crippen molar-refractivity contribution in [2.75, 3.05) is 6.54 Å². The monoisotopic (exact) mass is 274 g/mol. The number of nitrogens with zero attached hydrogens (tertiary/aromatic N) is 4. The summed E-state index contributed by atoms with van der Waals surface area (Å²) in [7, 11) is 1.67. The van der Waals surface area contributed by atoms with Crippen LogP contribution in [0.1, 0.15) is 16.8 Å². The third-order valence-corrected chi connectivity index (χ3v) is 2.92. The molecule has 0 amide bonds. The van der Waals surface area contributed by atoms with Gasteiger partial charge in [0, 0.05) is 18.0 Å². The van der Waals surface area contributed by atoms with E-state index >= 15 is 0 Å². The fourth-order valence-corrected chi connectivity index (χ4v) is 1.94. The van der Waals surface area contributed by atoms with Crippen LogP contribution >= 0.6 is 11.3 Å².